The maximum atomic E-state index is 14.1. The number of ether oxygens (including phenoxy) is 3. The number of piperidine rings is 1. The van der Waals surface area contributed by atoms with E-state index in [-0.39, 0.29) is 98.5 Å². The number of ketones is 3. The molecule has 11 N–H and O–H groups in total. The number of phenols is 2. The number of nitrogens with zero attached hydrogens (tertiary/aromatic N) is 6. The number of benzene rings is 4. The Morgan fingerprint density at radius 1 is 0.800 bits per heavy atom. The number of amides is 3. The molecule has 3 fully saturated rings. The van der Waals surface area contributed by atoms with Gasteiger partial charge in [-0.2, -0.15) is 4.98 Å². The van der Waals surface area contributed by atoms with Crippen molar-refractivity contribution in [3.63, 3.8) is 0 Å². The van der Waals surface area contributed by atoms with Crippen LogP contribution in [0.2, 0.25) is 0 Å². The molecule has 0 radical (unpaired) electrons. The minimum absolute atomic E-state index is 0.00574. The van der Waals surface area contributed by atoms with Gasteiger partial charge in [-0.3, -0.25) is 44.0 Å². The lowest BCUT2D eigenvalue weighted by Crippen LogP contribution is -2.58. The van der Waals surface area contributed by atoms with Gasteiger partial charge in [-0.05, 0) is 124 Å². The maximum absolute atomic E-state index is 14.1. The highest BCUT2D eigenvalue weighted by Gasteiger charge is 2.58. The second-order valence-corrected chi connectivity index (χ2v) is 31.6. The molecule has 1 saturated carbocycles. The number of carbonyl (C=O) groups is 6. The van der Waals surface area contributed by atoms with Crippen molar-refractivity contribution in [1.82, 2.24) is 30.2 Å². The van der Waals surface area contributed by atoms with Gasteiger partial charge in [0.25, 0.3) is 17.3 Å². The summed E-state index contributed by atoms with van der Waals surface area (Å²) in [6.07, 6.45) is -4.39. The van der Waals surface area contributed by atoms with E-state index in [2.05, 4.69) is 52.1 Å². The van der Waals surface area contributed by atoms with Crippen molar-refractivity contribution in [2.24, 2.45) is 11.3 Å². The zero-order valence-electron chi connectivity index (χ0n) is 61.2. The second-order valence-electron chi connectivity index (χ2n) is 31.6. The van der Waals surface area contributed by atoms with E-state index in [1.54, 1.807) is 48.2 Å². The molecule has 0 bridgehead atoms. The molecule has 0 spiro atoms. The predicted octanol–water partition coefficient (Wildman–Crippen LogP) is 5.18. The van der Waals surface area contributed by atoms with Crippen molar-refractivity contribution in [1.29, 1.82) is 0 Å². The SMILES string of the molecule is CC(C)(C)Cc1ccn(C2C[C@H](CO)[C@@H](O)C2(F)F)c(=O)n1.CC(C)(C)Nc1cccc2c1CN(C1CCC(=O)NC1=O)C2=O.CC(C)(C)Nc1n[n+]([O-])c2ccccc2[n+]1[O-].COc1cccc2c1C(=O)c1c(O)c3c(c(O)c1C2=O)C[C@@](O)(C(=O)CO)C[C@@H]3OC1C[C@H](NC(C)(C)C)[C@@H](O)[C@H](C)O1. The number of aromatic nitrogens is 5. The Labute approximate surface area is 604 Å². The largest absolute Gasteiger partial charge is 0.739 e. The number of Topliss-reactive ketones (excluding diaryl/α,β-unsaturated/α-hetero) is 1. The smallest absolute Gasteiger partial charge is 0.461 e. The van der Waals surface area contributed by atoms with Gasteiger partial charge in [0, 0.05) is 118 Å². The Kier molecular flexibility index (Phi) is 23.1. The van der Waals surface area contributed by atoms with Gasteiger partial charge in [-0.15, -0.1) is 0 Å². The summed E-state index contributed by atoms with van der Waals surface area (Å²) in [6.45, 7) is 24.1. The summed E-state index contributed by atoms with van der Waals surface area (Å²) in [5, 5.41) is 113. The number of aliphatic hydroxyl groups is 5. The maximum Gasteiger partial charge on any atom is 0.461 e. The monoisotopic (exact) mass is 1460 g/mol. The highest BCUT2D eigenvalue weighted by atomic mass is 19.3. The lowest BCUT2D eigenvalue weighted by atomic mass is 9.72. The summed E-state index contributed by atoms with van der Waals surface area (Å²) in [4.78, 5) is 94.2. The van der Waals surface area contributed by atoms with Gasteiger partial charge in [0.1, 0.15) is 47.6 Å². The third-order valence-corrected chi connectivity index (χ3v) is 18.6. The lowest BCUT2D eigenvalue weighted by Gasteiger charge is -2.44. The van der Waals surface area contributed by atoms with Crippen LogP contribution in [0, 0.1) is 21.7 Å². The number of aliphatic hydroxyl groups excluding tert-OH is 4. The number of anilines is 2. The van der Waals surface area contributed by atoms with E-state index in [1.807, 2.05) is 74.4 Å². The lowest BCUT2D eigenvalue weighted by molar-refractivity contribution is -0.672. The number of imide groups is 1. The van der Waals surface area contributed by atoms with Crippen LogP contribution in [0.25, 0.3) is 11.0 Å². The Hall–Kier alpha value is -9.21. The van der Waals surface area contributed by atoms with E-state index < -0.39 is 138 Å². The van der Waals surface area contributed by atoms with Crippen LogP contribution in [-0.4, -0.2) is 176 Å². The number of methoxy groups -OCH3 is 1. The van der Waals surface area contributed by atoms with Crippen molar-refractivity contribution < 1.29 is 97.1 Å². The molecule has 31 heteroatoms. The zero-order chi connectivity index (χ0) is 77.7. The fourth-order valence-electron chi connectivity index (χ4n) is 13.9. The van der Waals surface area contributed by atoms with Crippen molar-refractivity contribution in [2.75, 3.05) is 31.0 Å². The predicted molar refractivity (Wildman–Crippen MR) is 376 cm³/mol. The average molecular weight is 1470 g/mol. The molecule has 2 saturated heterocycles. The third-order valence-electron chi connectivity index (χ3n) is 18.6. The molecule has 29 nitrogen and oxygen atoms in total. The van der Waals surface area contributed by atoms with Crippen LogP contribution in [0.5, 0.6) is 17.2 Å². The number of aromatic hydroxyl groups is 2. The van der Waals surface area contributed by atoms with E-state index >= 15 is 0 Å². The summed E-state index contributed by atoms with van der Waals surface area (Å²) in [7, 11) is 1.33. The number of fused-ring (bicyclic) bond motifs is 5. The van der Waals surface area contributed by atoms with Gasteiger partial charge < -0.3 is 75.9 Å². The summed E-state index contributed by atoms with van der Waals surface area (Å²) < 4.78 is 47.2. The van der Waals surface area contributed by atoms with Crippen molar-refractivity contribution in [2.45, 2.75) is 218 Å². The molecule has 105 heavy (non-hydrogen) atoms. The molecular weight excluding hydrogens is 1370 g/mol. The molecule has 12 rings (SSSR count). The van der Waals surface area contributed by atoms with Crippen molar-refractivity contribution in [3.8, 4) is 17.2 Å². The minimum atomic E-state index is -3.47. The summed E-state index contributed by atoms with van der Waals surface area (Å²) in [6, 6.07) is 15.6. The fraction of sp³-hybridized carbons (Fsp3) is 0.527. The number of hydrogen-bond acceptors (Lipinski definition) is 24. The number of carbonyl (C=O) groups excluding carboxylic acids is 6. The zero-order valence-corrected chi connectivity index (χ0v) is 61.2. The highest BCUT2D eigenvalue weighted by Crippen LogP contribution is 2.53. The number of phenolic OH excluding ortho intramolecular Hbond substituents is 2. The van der Waals surface area contributed by atoms with E-state index in [1.165, 1.54) is 31.5 Å². The number of para-hydroxylation sites is 2. The number of rotatable bonds is 12. The van der Waals surface area contributed by atoms with Crippen LogP contribution in [-0.2, 0) is 43.2 Å². The Morgan fingerprint density at radius 2 is 1.44 bits per heavy atom. The molecule has 6 aliphatic rings. The first-order valence-electron chi connectivity index (χ1n) is 34.5. The minimum Gasteiger partial charge on any atom is -0.739 e. The number of alkyl halides is 2. The van der Waals surface area contributed by atoms with E-state index in [0.29, 0.717) is 45.7 Å². The van der Waals surface area contributed by atoms with Crippen LogP contribution in [0.15, 0.2) is 77.7 Å². The van der Waals surface area contributed by atoms with Crippen molar-refractivity contribution in [3.05, 3.63) is 144 Å². The summed E-state index contributed by atoms with van der Waals surface area (Å²) >= 11 is 0. The standard InChI is InChI=1S/C31H37NO11.C17H21N3O3.C15H22F2N2O3.C11H14N4O2/c1-13-25(35)16(32-30(2,3)4)9-20(42-13)43-18-11-31(40,19(34)12-33)10-15-22(18)29(39)24-23(27(15)37)26(36)14-7-6-8-17(41-5)21(14)28(24)38;1-17(2,3)19-12-6-4-5-10-11(12)9-20(16(10)23)13-7-8-14(21)18-15(13)22;1-14(2,3)7-10-4-5-19(13(22)18-10)11-6-9(8-20)12(21)15(11,16)17;1-11(2,3)12-10-13-15(17)9-7-5-4-6-8(9)14(10)16/h6-8,13,16,18,20,25,32-33,35,37,39-40H,9-12H2,1-5H3;4-6,13,19H,7-9H2,1-3H3,(H,18,21,22);4-5,9,11-12,20-21H,6-8H2,1-3H3;4-7H,1-3H3,(H,12,13)/t13-,16-,18-,20?,25-,31-;;9-,11?,12-;/m0.1./s1. The molecule has 5 heterocycles. The first-order valence-corrected chi connectivity index (χ1v) is 34.5. The number of hydrogen-bond donors (Lipinski definition) is 11. The van der Waals surface area contributed by atoms with Gasteiger partial charge in [0.05, 0.1) is 47.7 Å². The Balaban J connectivity index is 0.000000175. The highest BCUT2D eigenvalue weighted by molar-refractivity contribution is 6.31. The molecule has 3 aliphatic heterocycles. The van der Waals surface area contributed by atoms with Gasteiger partial charge in [-0.25, -0.2) is 18.3 Å². The molecule has 3 amide bonds. The van der Waals surface area contributed by atoms with Crippen LogP contribution in [0.1, 0.15) is 199 Å². The van der Waals surface area contributed by atoms with Crippen LogP contribution < -0.4 is 41.3 Å². The number of halogens is 2. The molecule has 3 aliphatic carbocycles. The fourth-order valence-corrected chi connectivity index (χ4v) is 13.9. The molecule has 3 unspecified atom stereocenters. The quantitative estimate of drug-likeness (QED) is 0.0325. The normalized spacial score (nSPS) is 24.1. The van der Waals surface area contributed by atoms with Crippen LogP contribution in [0.4, 0.5) is 20.4 Å². The average Bonchev–Trinajstić information content (AvgIpc) is 1.31. The van der Waals surface area contributed by atoms with Crippen LogP contribution in [0.3, 0.4) is 0 Å². The molecule has 10 atom stereocenters. The van der Waals surface area contributed by atoms with Crippen LogP contribution >= 0.6 is 0 Å². The molecule has 6 aromatic rings. The second kappa shape index (κ2) is 30.3. The van der Waals surface area contributed by atoms with Crippen molar-refractivity contribution >= 4 is 57.7 Å². The topological polar surface area (TPSA) is 425 Å². The molecule has 568 valence electrons. The Bertz CT molecular complexity index is 4410. The van der Waals surface area contributed by atoms with Gasteiger partial charge >= 0.3 is 11.6 Å². The van der Waals surface area contributed by atoms with Gasteiger partial charge in [0.15, 0.2) is 23.4 Å². The first-order chi connectivity index (χ1) is 48.8. The third kappa shape index (κ3) is 17.2. The summed E-state index contributed by atoms with van der Waals surface area (Å²) in [5.41, 5.74) is -1.64. The van der Waals surface area contributed by atoms with E-state index in [4.69, 9.17) is 19.3 Å². The Morgan fingerprint density at radius 3 is 2.03 bits per heavy atom. The van der Waals surface area contributed by atoms with Gasteiger partial charge in [-0.1, -0.05) is 51.1 Å². The number of nitrogens with one attached hydrogen (secondary N) is 4. The van der Waals surface area contributed by atoms with E-state index in [0.717, 1.165) is 15.8 Å². The molecular formula is C74H94F2N10O19. The first kappa shape index (κ1) is 79.9. The molecule has 4 aromatic carbocycles. The van der Waals surface area contributed by atoms with Gasteiger partial charge in [0.2, 0.25) is 22.7 Å². The van der Waals surface area contributed by atoms with E-state index in [9.17, 15) is 83.4 Å². The summed E-state index contributed by atoms with van der Waals surface area (Å²) in [5.74, 6) is -8.90. The molecule has 2 aromatic heterocycles.